The van der Waals surface area contributed by atoms with E-state index in [1.54, 1.807) is 17.0 Å². The van der Waals surface area contributed by atoms with Crippen molar-refractivity contribution in [3.8, 4) is 0 Å². The summed E-state index contributed by atoms with van der Waals surface area (Å²) in [4.78, 5) is 29.5. The average Bonchev–Trinajstić information content (AvgIpc) is 3.73. The summed E-state index contributed by atoms with van der Waals surface area (Å²) in [5.41, 5.74) is -0.333. The summed E-state index contributed by atoms with van der Waals surface area (Å²) in [6, 6.07) is 6.82. The van der Waals surface area contributed by atoms with Crippen LogP contribution in [0.15, 0.2) is 41.2 Å². The largest absolute Gasteiger partial charge is 0.472 e. The predicted molar refractivity (Wildman–Crippen MR) is 141 cm³/mol. The summed E-state index contributed by atoms with van der Waals surface area (Å²) in [5.74, 6) is -0.406. The van der Waals surface area contributed by atoms with Crippen molar-refractivity contribution in [3.63, 3.8) is 0 Å². The zero-order valence-electron chi connectivity index (χ0n) is 22.3. The van der Waals surface area contributed by atoms with Gasteiger partial charge in [0.2, 0.25) is 5.91 Å². The number of likely N-dealkylation sites (tertiary alicyclic amines) is 2. The third-order valence-electron chi connectivity index (χ3n) is 9.97. The second kappa shape index (κ2) is 9.66. The van der Waals surface area contributed by atoms with E-state index < -0.39 is 17.2 Å². The first-order valence-corrected chi connectivity index (χ1v) is 14.1. The molecule has 6 rings (SSSR count). The second-order valence-electron chi connectivity index (χ2n) is 11.8. The number of rotatable bonds is 4. The molecule has 5 heterocycles. The molecular formula is C29H36F3N4O3+. The van der Waals surface area contributed by atoms with Crippen molar-refractivity contribution in [2.45, 2.75) is 63.7 Å². The number of alkyl halides is 3. The van der Waals surface area contributed by atoms with Gasteiger partial charge in [-0.3, -0.25) is 14.1 Å². The SMILES string of the molecule is C[C@H]1CCC[N+]1(c1ccc(N2CCC3(CCN(C(=O)c4ccoc4)CC3)C2=O)c(C(F)(F)F)c1)[C@H]1CCNC1. The van der Waals surface area contributed by atoms with Gasteiger partial charge < -0.3 is 19.5 Å². The molecule has 4 saturated heterocycles. The number of hydrogen-bond acceptors (Lipinski definition) is 4. The fourth-order valence-electron chi connectivity index (χ4n) is 7.73. The third kappa shape index (κ3) is 4.27. The van der Waals surface area contributed by atoms with Gasteiger partial charge in [-0.2, -0.15) is 13.2 Å². The van der Waals surface area contributed by atoms with Crippen molar-refractivity contribution >= 4 is 23.2 Å². The van der Waals surface area contributed by atoms with E-state index in [4.69, 9.17) is 4.42 Å². The number of anilines is 1. The molecule has 210 valence electrons. The number of benzene rings is 1. The predicted octanol–water partition coefficient (Wildman–Crippen LogP) is 4.81. The maximum absolute atomic E-state index is 14.6. The van der Waals surface area contributed by atoms with Crippen molar-refractivity contribution in [1.29, 1.82) is 0 Å². The van der Waals surface area contributed by atoms with E-state index in [0.29, 0.717) is 48.1 Å². The Hall–Kier alpha value is -2.85. The number of carbonyl (C=O) groups is 2. The molecule has 1 aromatic carbocycles. The molecule has 7 nitrogen and oxygen atoms in total. The van der Waals surface area contributed by atoms with Crippen LogP contribution >= 0.6 is 0 Å². The Morgan fingerprint density at radius 2 is 1.90 bits per heavy atom. The van der Waals surface area contributed by atoms with E-state index >= 15 is 0 Å². The number of piperidine rings is 1. The highest BCUT2D eigenvalue weighted by atomic mass is 19.4. The van der Waals surface area contributed by atoms with Crippen molar-refractivity contribution in [3.05, 3.63) is 47.9 Å². The molecule has 4 aliphatic heterocycles. The lowest BCUT2D eigenvalue weighted by Crippen LogP contribution is -2.59. The Bertz CT molecular complexity index is 1230. The van der Waals surface area contributed by atoms with Gasteiger partial charge in [0.25, 0.3) is 5.91 Å². The van der Waals surface area contributed by atoms with Crippen LogP contribution in [0.2, 0.25) is 0 Å². The number of nitrogens with zero attached hydrogens (tertiary/aromatic N) is 3. The summed E-state index contributed by atoms with van der Waals surface area (Å²) in [7, 11) is 0. The molecule has 1 N–H and O–H groups in total. The van der Waals surface area contributed by atoms with Crippen LogP contribution in [0.3, 0.4) is 0 Å². The van der Waals surface area contributed by atoms with Crippen LogP contribution in [0.25, 0.3) is 0 Å². The quantitative estimate of drug-likeness (QED) is 0.561. The lowest BCUT2D eigenvalue weighted by atomic mass is 9.77. The first-order chi connectivity index (χ1) is 18.7. The number of furan rings is 1. The number of hydrogen-bond donors (Lipinski definition) is 1. The Morgan fingerprint density at radius 1 is 1.13 bits per heavy atom. The molecule has 39 heavy (non-hydrogen) atoms. The lowest BCUT2D eigenvalue weighted by molar-refractivity contribution is -0.137. The first-order valence-electron chi connectivity index (χ1n) is 14.1. The molecule has 2 aromatic rings. The summed E-state index contributed by atoms with van der Waals surface area (Å²) >= 11 is 0. The van der Waals surface area contributed by atoms with E-state index in [2.05, 4.69) is 12.2 Å². The van der Waals surface area contributed by atoms with Crippen molar-refractivity contribution in [1.82, 2.24) is 14.7 Å². The van der Waals surface area contributed by atoms with Crippen molar-refractivity contribution in [2.24, 2.45) is 5.41 Å². The van der Waals surface area contributed by atoms with Gasteiger partial charge in [0, 0.05) is 64.1 Å². The van der Waals surface area contributed by atoms with Crippen LogP contribution in [-0.4, -0.2) is 68.1 Å². The van der Waals surface area contributed by atoms with E-state index in [1.807, 2.05) is 6.07 Å². The number of carbonyl (C=O) groups excluding carboxylic acids is 2. The van der Waals surface area contributed by atoms with Gasteiger partial charge in [0.1, 0.15) is 18.0 Å². The summed E-state index contributed by atoms with van der Waals surface area (Å²) in [6.07, 6.45) is 2.57. The molecular weight excluding hydrogens is 509 g/mol. The molecule has 0 bridgehead atoms. The Kier molecular flexibility index (Phi) is 6.53. The Morgan fingerprint density at radius 3 is 2.51 bits per heavy atom. The van der Waals surface area contributed by atoms with Gasteiger partial charge in [-0.25, -0.2) is 0 Å². The van der Waals surface area contributed by atoms with Gasteiger partial charge >= 0.3 is 6.18 Å². The Labute approximate surface area is 226 Å². The minimum Gasteiger partial charge on any atom is -0.472 e. The number of quaternary nitrogens is 1. The minimum atomic E-state index is -4.58. The fourth-order valence-corrected chi connectivity index (χ4v) is 7.73. The third-order valence-corrected chi connectivity index (χ3v) is 9.97. The molecule has 0 aliphatic carbocycles. The molecule has 2 amide bonds. The van der Waals surface area contributed by atoms with Gasteiger partial charge in [0.05, 0.1) is 41.1 Å². The summed E-state index contributed by atoms with van der Waals surface area (Å²) < 4.78 is 49.4. The maximum atomic E-state index is 14.6. The molecule has 3 atom stereocenters. The van der Waals surface area contributed by atoms with Crippen LogP contribution in [0.1, 0.15) is 61.4 Å². The number of halogens is 3. The van der Waals surface area contributed by atoms with Gasteiger partial charge in [0.15, 0.2) is 0 Å². The number of amides is 2. The molecule has 10 heteroatoms. The maximum Gasteiger partial charge on any atom is 0.418 e. The van der Waals surface area contributed by atoms with Gasteiger partial charge in [-0.15, -0.1) is 0 Å². The molecule has 1 unspecified atom stereocenters. The smallest absolute Gasteiger partial charge is 0.418 e. The van der Waals surface area contributed by atoms with Crippen molar-refractivity contribution < 1.29 is 27.2 Å². The molecule has 4 aliphatic rings. The van der Waals surface area contributed by atoms with Gasteiger partial charge in [-0.05, 0) is 38.3 Å². The van der Waals surface area contributed by atoms with Crippen LogP contribution in [0, 0.1) is 5.41 Å². The normalized spacial score (nSPS) is 29.1. The van der Waals surface area contributed by atoms with Crippen LogP contribution in [-0.2, 0) is 11.0 Å². The van der Waals surface area contributed by atoms with Crippen molar-refractivity contribution in [2.75, 3.05) is 44.2 Å². The minimum absolute atomic E-state index is 0.0421. The topological polar surface area (TPSA) is 65.8 Å². The summed E-state index contributed by atoms with van der Waals surface area (Å²) in [6.45, 7) is 5.72. The molecule has 4 fully saturated rings. The van der Waals surface area contributed by atoms with E-state index in [-0.39, 0.29) is 36.1 Å². The lowest BCUT2D eigenvalue weighted by Gasteiger charge is -2.43. The van der Waals surface area contributed by atoms with Crippen LogP contribution < -0.4 is 14.7 Å². The highest BCUT2D eigenvalue weighted by Gasteiger charge is 2.52. The molecule has 0 saturated carbocycles. The fraction of sp³-hybridized carbons (Fsp3) is 0.586. The first kappa shape index (κ1) is 26.4. The monoisotopic (exact) mass is 545 g/mol. The molecule has 1 spiro atoms. The average molecular weight is 546 g/mol. The highest BCUT2D eigenvalue weighted by molar-refractivity contribution is 6.01. The van der Waals surface area contributed by atoms with Gasteiger partial charge in [-0.1, -0.05) is 0 Å². The summed E-state index contributed by atoms with van der Waals surface area (Å²) in [5, 5.41) is 3.40. The second-order valence-corrected chi connectivity index (χ2v) is 11.8. The van der Waals surface area contributed by atoms with E-state index in [0.717, 1.165) is 38.9 Å². The van der Waals surface area contributed by atoms with E-state index in [9.17, 15) is 22.8 Å². The highest BCUT2D eigenvalue weighted by Crippen LogP contribution is 2.48. The standard InChI is InChI=1S/C29H36F3N4O3/c1-20-3-2-15-36(20,23-6-11-33-18-23)22-4-5-25(24(17-22)29(30,31)32)35-14-10-28(27(35)38)8-12-34(13-9-28)26(37)21-7-16-39-19-21/h4-5,7,16-17,19-20,23,33H,2-3,6,8-15,18H2,1H3/q+1/t20-,23-,36?/m0/s1. The Balaban J connectivity index is 1.27. The molecule has 0 radical (unpaired) electrons. The zero-order valence-corrected chi connectivity index (χ0v) is 22.3. The van der Waals surface area contributed by atoms with Crippen LogP contribution in [0.4, 0.5) is 24.5 Å². The van der Waals surface area contributed by atoms with Crippen LogP contribution in [0.5, 0.6) is 0 Å². The zero-order chi connectivity index (χ0) is 27.4. The molecule has 1 aromatic heterocycles. The number of nitrogens with one attached hydrogen (secondary N) is 1. The van der Waals surface area contributed by atoms with E-state index in [1.165, 1.54) is 23.5 Å².